The molecule has 1 unspecified atom stereocenters. The zero-order valence-corrected chi connectivity index (χ0v) is 10.5. The van der Waals surface area contributed by atoms with Gasteiger partial charge in [-0.25, -0.2) is 0 Å². The van der Waals surface area contributed by atoms with E-state index in [-0.39, 0.29) is 18.3 Å². The summed E-state index contributed by atoms with van der Waals surface area (Å²) in [6, 6.07) is 0. The van der Waals surface area contributed by atoms with Crippen molar-refractivity contribution in [1.82, 2.24) is 0 Å². The van der Waals surface area contributed by atoms with Gasteiger partial charge in [-0.1, -0.05) is 19.8 Å². The van der Waals surface area contributed by atoms with Crippen molar-refractivity contribution in [1.29, 1.82) is 0 Å². The first-order chi connectivity index (χ1) is 7.56. The van der Waals surface area contributed by atoms with Crippen LogP contribution in [0.5, 0.6) is 0 Å². The molecule has 94 valence electrons. The minimum Gasteiger partial charge on any atom is -0.460 e. The molecule has 0 aliphatic heterocycles. The molecule has 0 rings (SSSR count). The van der Waals surface area contributed by atoms with Crippen molar-refractivity contribution in [3.8, 4) is 0 Å². The lowest BCUT2D eigenvalue weighted by Gasteiger charge is -2.12. The molecular formula is C12H22O4. The molecule has 4 heteroatoms. The fourth-order valence-electron chi connectivity index (χ4n) is 1.21. The lowest BCUT2D eigenvalue weighted by Crippen LogP contribution is -2.21. The van der Waals surface area contributed by atoms with E-state index in [0.29, 0.717) is 13.2 Å². The first-order valence-electron chi connectivity index (χ1n) is 5.83. The maximum atomic E-state index is 11.1. The summed E-state index contributed by atoms with van der Waals surface area (Å²) < 4.78 is 10.3. The first-order valence-corrected chi connectivity index (χ1v) is 5.83. The Balaban J connectivity index is 3.46. The molecule has 0 aliphatic rings. The van der Waals surface area contributed by atoms with Gasteiger partial charge in [-0.3, -0.25) is 9.59 Å². The lowest BCUT2D eigenvalue weighted by molar-refractivity contribution is -0.152. The molecule has 0 heterocycles. The van der Waals surface area contributed by atoms with E-state index < -0.39 is 5.97 Å². The highest BCUT2D eigenvalue weighted by atomic mass is 16.6. The van der Waals surface area contributed by atoms with Crippen LogP contribution in [0.2, 0.25) is 0 Å². The molecular weight excluding hydrogens is 208 g/mol. The maximum Gasteiger partial charge on any atom is 0.313 e. The molecule has 0 saturated carbocycles. The van der Waals surface area contributed by atoms with Gasteiger partial charge in [0, 0.05) is 6.61 Å². The van der Waals surface area contributed by atoms with Gasteiger partial charge in [-0.15, -0.1) is 0 Å². The van der Waals surface area contributed by atoms with E-state index in [4.69, 9.17) is 9.47 Å². The third-order valence-corrected chi connectivity index (χ3v) is 1.97. The largest absolute Gasteiger partial charge is 0.460 e. The molecule has 0 radical (unpaired) electrons. The van der Waals surface area contributed by atoms with Crippen molar-refractivity contribution in [3.63, 3.8) is 0 Å². The molecule has 0 amide bonds. The minimum absolute atomic E-state index is 0.153. The summed E-state index contributed by atoms with van der Waals surface area (Å²) in [7, 11) is 0. The minimum atomic E-state index is -0.475. The van der Waals surface area contributed by atoms with Gasteiger partial charge < -0.3 is 9.47 Å². The predicted octanol–water partition coefficient (Wildman–Crippen LogP) is 2.10. The average molecular weight is 230 g/mol. The van der Waals surface area contributed by atoms with Crippen molar-refractivity contribution in [3.05, 3.63) is 0 Å². The number of Topliss-reactive ketones (excluding diaryl/α,β-unsaturated/α-hetero) is 1. The van der Waals surface area contributed by atoms with E-state index in [0.717, 1.165) is 19.3 Å². The van der Waals surface area contributed by atoms with Gasteiger partial charge in [0.1, 0.15) is 18.3 Å². The summed E-state index contributed by atoms with van der Waals surface area (Å²) in [5.41, 5.74) is 0. The quantitative estimate of drug-likeness (QED) is 0.346. The zero-order valence-electron chi connectivity index (χ0n) is 10.5. The number of esters is 1. The third-order valence-electron chi connectivity index (χ3n) is 1.97. The molecule has 4 nitrogen and oxygen atoms in total. The van der Waals surface area contributed by atoms with E-state index in [1.54, 1.807) is 6.92 Å². The number of rotatable bonds is 9. The van der Waals surface area contributed by atoms with E-state index in [9.17, 15) is 9.59 Å². The van der Waals surface area contributed by atoms with Crippen LogP contribution in [-0.2, 0) is 19.1 Å². The lowest BCUT2D eigenvalue weighted by atomic mass is 10.3. The molecule has 0 aromatic carbocycles. The van der Waals surface area contributed by atoms with Crippen LogP contribution < -0.4 is 0 Å². The standard InChI is InChI=1S/C12H22O4/c1-4-5-6-7-15-9-11(3)16-12(14)8-10(2)13/h11H,4-9H2,1-3H3. The predicted molar refractivity (Wildman–Crippen MR) is 61.2 cm³/mol. The Morgan fingerprint density at radius 1 is 1.25 bits per heavy atom. The summed E-state index contributed by atoms with van der Waals surface area (Å²) in [5.74, 6) is -0.654. The van der Waals surface area contributed by atoms with Crippen LogP contribution in [0.25, 0.3) is 0 Å². The Morgan fingerprint density at radius 3 is 2.50 bits per heavy atom. The van der Waals surface area contributed by atoms with Gasteiger partial charge in [0.15, 0.2) is 0 Å². The van der Waals surface area contributed by atoms with E-state index in [2.05, 4.69) is 6.92 Å². The van der Waals surface area contributed by atoms with Gasteiger partial charge in [0.2, 0.25) is 0 Å². The van der Waals surface area contributed by atoms with Crippen LogP contribution in [0.3, 0.4) is 0 Å². The van der Waals surface area contributed by atoms with Gasteiger partial charge in [0.25, 0.3) is 0 Å². The maximum absolute atomic E-state index is 11.1. The van der Waals surface area contributed by atoms with Gasteiger partial charge in [-0.2, -0.15) is 0 Å². The van der Waals surface area contributed by atoms with Crippen molar-refractivity contribution in [2.45, 2.75) is 52.6 Å². The molecule has 16 heavy (non-hydrogen) atoms. The number of ether oxygens (including phenoxy) is 2. The second-order valence-electron chi connectivity index (χ2n) is 3.96. The Bertz CT molecular complexity index is 213. The van der Waals surface area contributed by atoms with Crippen LogP contribution in [0.4, 0.5) is 0 Å². The molecule has 0 aromatic rings. The normalized spacial score (nSPS) is 12.2. The molecule has 0 aromatic heterocycles. The van der Waals surface area contributed by atoms with E-state index in [1.165, 1.54) is 6.92 Å². The van der Waals surface area contributed by atoms with Gasteiger partial charge >= 0.3 is 5.97 Å². The molecule has 0 N–H and O–H groups in total. The number of carbonyl (C=O) groups excluding carboxylic acids is 2. The average Bonchev–Trinajstić information content (AvgIpc) is 2.15. The van der Waals surface area contributed by atoms with E-state index in [1.807, 2.05) is 0 Å². The Kier molecular flexibility index (Phi) is 8.81. The molecule has 0 aliphatic carbocycles. The smallest absolute Gasteiger partial charge is 0.313 e. The first kappa shape index (κ1) is 15.1. The topological polar surface area (TPSA) is 52.6 Å². The number of unbranched alkanes of at least 4 members (excludes halogenated alkanes) is 2. The summed E-state index contributed by atoms with van der Waals surface area (Å²) in [6.45, 7) is 6.35. The SMILES string of the molecule is CCCCCOCC(C)OC(=O)CC(C)=O. The highest BCUT2D eigenvalue weighted by molar-refractivity contribution is 5.94. The molecule has 0 bridgehead atoms. The highest BCUT2D eigenvalue weighted by Crippen LogP contribution is 1.99. The second-order valence-corrected chi connectivity index (χ2v) is 3.96. The van der Waals surface area contributed by atoms with Crippen LogP contribution in [0.1, 0.15) is 46.5 Å². The van der Waals surface area contributed by atoms with Crippen molar-refractivity contribution in [2.24, 2.45) is 0 Å². The van der Waals surface area contributed by atoms with Crippen LogP contribution in [0, 0.1) is 0 Å². The van der Waals surface area contributed by atoms with Gasteiger partial charge in [-0.05, 0) is 20.3 Å². The van der Waals surface area contributed by atoms with Crippen LogP contribution >= 0.6 is 0 Å². The summed E-state index contributed by atoms with van der Waals surface area (Å²) >= 11 is 0. The number of hydrogen-bond acceptors (Lipinski definition) is 4. The Morgan fingerprint density at radius 2 is 1.94 bits per heavy atom. The van der Waals surface area contributed by atoms with Crippen LogP contribution in [0.15, 0.2) is 0 Å². The molecule has 1 atom stereocenters. The molecule has 0 saturated heterocycles. The van der Waals surface area contributed by atoms with E-state index >= 15 is 0 Å². The Hall–Kier alpha value is -0.900. The zero-order chi connectivity index (χ0) is 12.4. The van der Waals surface area contributed by atoms with Gasteiger partial charge in [0.05, 0.1) is 6.61 Å². The summed E-state index contributed by atoms with van der Waals surface area (Å²) in [4.78, 5) is 21.7. The summed E-state index contributed by atoms with van der Waals surface area (Å²) in [5, 5.41) is 0. The summed E-state index contributed by atoms with van der Waals surface area (Å²) in [6.07, 6.45) is 2.91. The highest BCUT2D eigenvalue weighted by Gasteiger charge is 2.11. The number of carbonyl (C=O) groups is 2. The van der Waals surface area contributed by atoms with Crippen molar-refractivity contribution >= 4 is 11.8 Å². The number of ketones is 1. The third kappa shape index (κ3) is 9.65. The monoisotopic (exact) mass is 230 g/mol. The van der Waals surface area contributed by atoms with Crippen molar-refractivity contribution in [2.75, 3.05) is 13.2 Å². The fraction of sp³-hybridized carbons (Fsp3) is 0.833. The fourth-order valence-corrected chi connectivity index (χ4v) is 1.21. The van der Waals surface area contributed by atoms with Crippen LogP contribution in [-0.4, -0.2) is 31.1 Å². The molecule has 0 fully saturated rings. The Labute approximate surface area is 97.3 Å². The molecule has 0 spiro atoms. The van der Waals surface area contributed by atoms with Crippen molar-refractivity contribution < 1.29 is 19.1 Å². The second kappa shape index (κ2) is 9.33. The number of hydrogen-bond donors (Lipinski definition) is 0.